The molecule has 1 fully saturated rings. The van der Waals surface area contributed by atoms with Gasteiger partial charge < -0.3 is 4.74 Å². The molecule has 0 aromatic heterocycles. The predicted molar refractivity (Wildman–Crippen MR) is 80.7 cm³/mol. The highest BCUT2D eigenvalue weighted by atomic mass is 16.5. The number of rotatable bonds is 5. The Morgan fingerprint density at radius 2 is 2.00 bits per heavy atom. The Balaban J connectivity index is 1.76. The number of benzene rings is 1. The summed E-state index contributed by atoms with van der Waals surface area (Å²) in [6.07, 6.45) is 3.82. The van der Waals surface area contributed by atoms with Gasteiger partial charge >= 0.3 is 0 Å². The molecule has 0 aliphatic carbocycles. The maximum atomic E-state index is 9.01. The third-order valence-electron chi connectivity index (χ3n) is 4.59. The molecular weight excluding hydrogens is 248 g/mol. The van der Waals surface area contributed by atoms with Gasteiger partial charge in [-0.05, 0) is 43.5 Å². The number of piperidine rings is 1. The zero-order valence-corrected chi connectivity index (χ0v) is 12.6. The van der Waals surface area contributed by atoms with Crippen LogP contribution in [0.5, 0.6) is 5.75 Å². The van der Waals surface area contributed by atoms with Crippen molar-refractivity contribution in [3.8, 4) is 11.8 Å². The fraction of sp³-hybridized carbons (Fsp3) is 0.588. The smallest absolute Gasteiger partial charge is 0.137 e. The highest BCUT2D eigenvalue weighted by Gasteiger charge is 2.27. The van der Waals surface area contributed by atoms with Crippen LogP contribution < -0.4 is 4.74 Å². The molecule has 20 heavy (non-hydrogen) atoms. The molecule has 0 N–H and O–H groups in total. The molecular formula is C17H24N2O. The lowest BCUT2D eigenvalue weighted by Gasteiger charge is -2.38. The van der Waals surface area contributed by atoms with Crippen molar-refractivity contribution >= 4 is 0 Å². The van der Waals surface area contributed by atoms with Gasteiger partial charge in [-0.1, -0.05) is 32.4 Å². The fourth-order valence-corrected chi connectivity index (χ4v) is 2.64. The minimum Gasteiger partial charge on any atom is -0.491 e. The molecule has 108 valence electrons. The number of para-hydroxylation sites is 1. The minimum atomic E-state index is 0.533. The third-order valence-corrected chi connectivity index (χ3v) is 4.59. The van der Waals surface area contributed by atoms with Gasteiger partial charge in [0.05, 0.1) is 5.56 Å². The van der Waals surface area contributed by atoms with Crippen molar-refractivity contribution < 1.29 is 4.74 Å². The number of hydrogen-bond acceptors (Lipinski definition) is 3. The molecule has 1 saturated heterocycles. The molecule has 3 heteroatoms. The van der Waals surface area contributed by atoms with Crippen molar-refractivity contribution in [2.45, 2.75) is 33.1 Å². The van der Waals surface area contributed by atoms with Crippen LogP contribution in [0, 0.1) is 16.7 Å². The first-order valence-corrected chi connectivity index (χ1v) is 7.51. The van der Waals surface area contributed by atoms with Crippen molar-refractivity contribution in [1.82, 2.24) is 4.90 Å². The summed E-state index contributed by atoms with van der Waals surface area (Å²) in [4.78, 5) is 2.46. The van der Waals surface area contributed by atoms with E-state index in [1.807, 2.05) is 18.2 Å². The number of ether oxygens (including phenoxy) is 1. The number of likely N-dealkylation sites (tertiary alicyclic amines) is 1. The van der Waals surface area contributed by atoms with Gasteiger partial charge in [0, 0.05) is 6.54 Å². The summed E-state index contributed by atoms with van der Waals surface area (Å²) in [5, 5.41) is 9.01. The van der Waals surface area contributed by atoms with Crippen LogP contribution in [0.1, 0.15) is 38.7 Å². The Hall–Kier alpha value is -1.53. The Bertz CT molecular complexity index is 470. The van der Waals surface area contributed by atoms with Crippen molar-refractivity contribution in [2.24, 2.45) is 5.41 Å². The van der Waals surface area contributed by atoms with Gasteiger partial charge in [0.1, 0.15) is 18.4 Å². The van der Waals surface area contributed by atoms with Gasteiger partial charge in [-0.2, -0.15) is 5.26 Å². The minimum absolute atomic E-state index is 0.533. The van der Waals surface area contributed by atoms with Crippen LogP contribution in [0.3, 0.4) is 0 Å². The quantitative estimate of drug-likeness (QED) is 0.823. The normalized spacial score (nSPS) is 18.4. The van der Waals surface area contributed by atoms with Crippen molar-refractivity contribution in [2.75, 3.05) is 26.2 Å². The first kappa shape index (κ1) is 14.9. The van der Waals surface area contributed by atoms with Crippen LogP contribution >= 0.6 is 0 Å². The van der Waals surface area contributed by atoms with E-state index in [9.17, 15) is 0 Å². The summed E-state index contributed by atoms with van der Waals surface area (Å²) < 4.78 is 5.74. The SMILES string of the molecule is CCC1(C)CCN(CCOc2ccccc2C#N)CC1. The van der Waals surface area contributed by atoms with Crippen LogP contribution in [-0.4, -0.2) is 31.1 Å². The summed E-state index contributed by atoms with van der Waals surface area (Å²) in [5.41, 5.74) is 1.15. The molecule has 1 heterocycles. The first-order chi connectivity index (χ1) is 9.67. The summed E-state index contributed by atoms with van der Waals surface area (Å²) in [5.74, 6) is 0.699. The maximum Gasteiger partial charge on any atom is 0.137 e. The van der Waals surface area contributed by atoms with Crippen LogP contribution in [0.2, 0.25) is 0 Å². The summed E-state index contributed by atoms with van der Waals surface area (Å²) >= 11 is 0. The summed E-state index contributed by atoms with van der Waals surface area (Å²) in [6, 6.07) is 9.59. The third kappa shape index (κ3) is 3.74. The lowest BCUT2D eigenvalue weighted by Crippen LogP contribution is -2.40. The van der Waals surface area contributed by atoms with Crippen LogP contribution in [0.25, 0.3) is 0 Å². The summed E-state index contributed by atoms with van der Waals surface area (Å²) in [6.45, 7) is 8.60. The maximum absolute atomic E-state index is 9.01. The Kier molecular flexibility index (Phi) is 5.03. The molecule has 0 radical (unpaired) electrons. The largest absolute Gasteiger partial charge is 0.491 e. The molecule has 1 aromatic rings. The monoisotopic (exact) mass is 272 g/mol. The van der Waals surface area contributed by atoms with Gasteiger partial charge in [-0.25, -0.2) is 0 Å². The van der Waals surface area contributed by atoms with E-state index in [1.165, 1.54) is 19.3 Å². The molecule has 0 atom stereocenters. The second-order valence-corrected chi connectivity index (χ2v) is 5.96. The van der Waals surface area contributed by atoms with Crippen molar-refractivity contribution in [1.29, 1.82) is 5.26 Å². The molecule has 0 saturated carbocycles. The lowest BCUT2D eigenvalue weighted by molar-refractivity contribution is 0.101. The molecule has 0 amide bonds. The average Bonchev–Trinajstić information content (AvgIpc) is 2.50. The molecule has 0 bridgehead atoms. The summed E-state index contributed by atoms with van der Waals surface area (Å²) in [7, 11) is 0. The molecule has 1 aromatic carbocycles. The highest BCUT2D eigenvalue weighted by Crippen LogP contribution is 2.33. The molecule has 3 nitrogen and oxygen atoms in total. The predicted octanol–water partition coefficient (Wildman–Crippen LogP) is 3.45. The van der Waals surface area contributed by atoms with Crippen molar-refractivity contribution in [3.05, 3.63) is 29.8 Å². The zero-order valence-electron chi connectivity index (χ0n) is 12.6. The van der Waals surface area contributed by atoms with E-state index in [2.05, 4.69) is 24.8 Å². The molecule has 0 spiro atoms. The first-order valence-electron chi connectivity index (χ1n) is 7.51. The van der Waals surface area contributed by atoms with E-state index < -0.39 is 0 Å². The topological polar surface area (TPSA) is 36.3 Å². The van der Waals surface area contributed by atoms with E-state index in [4.69, 9.17) is 10.00 Å². The van der Waals surface area contributed by atoms with Crippen molar-refractivity contribution in [3.63, 3.8) is 0 Å². The van der Waals surface area contributed by atoms with Crippen LogP contribution in [0.15, 0.2) is 24.3 Å². The van der Waals surface area contributed by atoms with E-state index in [-0.39, 0.29) is 0 Å². The van der Waals surface area contributed by atoms with Gasteiger partial charge in [0.25, 0.3) is 0 Å². The lowest BCUT2D eigenvalue weighted by atomic mass is 9.78. The molecule has 0 unspecified atom stereocenters. The standard InChI is InChI=1S/C17H24N2O/c1-3-17(2)8-10-19(11-9-17)12-13-20-16-7-5-4-6-15(16)14-18/h4-7H,3,8-13H2,1-2H3. The highest BCUT2D eigenvalue weighted by molar-refractivity contribution is 5.42. The number of nitriles is 1. The fourth-order valence-electron chi connectivity index (χ4n) is 2.64. The second-order valence-electron chi connectivity index (χ2n) is 5.96. The Labute approximate surface area is 122 Å². The molecule has 1 aliphatic rings. The number of nitrogens with zero attached hydrogens (tertiary/aromatic N) is 2. The van der Waals surface area contributed by atoms with Crippen LogP contribution in [-0.2, 0) is 0 Å². The van der Waals surface area contributed by atoms with Gasteiger partial charge in [-0.15, -0.1) is 0 Å². The van der Waals surface area contributed by atoms with Gasteiger partial charge in [0.15, 0.2) is 0 Å². The second kappa shape index (κ2) is 6.76. The molecule has 1 aliphatic heterocycles. The van der Waals surface area contributed by atoms with E-state index >= 15 is 0 Å². The average molecular weight is 272 g/mol. The van der Waals surface area contributed by atoms with Crippen LogP contribution in [0.4, 0.5) is 0 Å². The molecule has 2 rings (SSSR count). The van der Waals surface area contributed by atoms with E-state index in [1.54, 1.807) is 6.07 Å². The van der Waals surface area contributed by atoms with Gasteiger partial charge in [-0.3, -0.25) is 4.90 Å². The Morgan fingerprint density at radius 3 is 2.65 bits per heavy atom. The van der Waals surface area contributed by atoms with E-state index in [0.717, 1.165) is 19.6 Å². The number of hydrogen-bond donors (Lipinski definition) is 0. The van der Waals surface area contributed by atoms with Gasteiger partial charge in [0.2, 0.25) is 0 Å². The zero-order chi connectivity index (χ0) is 14.4. The Morgan fingerprint density at radius 1 is 1.30 bits per heavy atom. The van der Waals surface area contributed by atoms with E-state index in [0.29, 0.717) is 23.3 Å².